The lowest BCUT2D eigenvalue weighted by Gasteiger charge is -2.12. The quantitative estimate of drug-likeness (QED) is 0.816. The summed E-state index contributed by atoms with van der Waals surface area (Å²) >= 11 is 0. The lowest BCUT2D eigenvalue weighted by Crippen LogP contribution is -2.17. The summed E-state index contributed by atoms with van der Waals surface area (Å²) in [6, 6.07) is 1.62. The Kier molecular flexibility index (Phi) is 4.77. The normalized spacial score (nSPS) is 11.6. The third-order valence-corrected chi connectivity index (χ3v) is 3.13. The van der Waals surface area contributed by atoms with Gasteiger partial charge in [-0.15, -0.1) is 0 Å². The Hall–Kier alpha value is -2.98. The maximum atomic E-state index is 12.9. The molecule has 2 rings (SSSR count). The average Bonchev–Trinajstić information content (AvgIpc) is 2.88. The molecule has 0 aliphatic rings. The summed E-state index contributed by atoms with van der Waals surface area (Å²) in [6.45, 7) is 0. The Morgan fingerprint density at radius 3 is 2.40 bits per heavy atom. The molecule has 0 radical (unpaired) electrons. The number of hydrogen-bond acceptors (Lipinski definition) is 3. The summed E-state index contributed by atoms with van der Waals surface area (Å²) in [7, 11) is 1.27. The van der Waals surface area contributed by atoms with Crippen LogP contribution in [0.15, 0.2) is 24.4 Å². The second-order valence-electron chi connectivity index (χ2n) is 4.92. The standard InChI is InChI=1S/C14H10F5N3O3/c1-22-5-8(10(21-22)11(15)16)12(23)20-9-4-6(14(17,18)19)2-3-7(9)13(24)25/h2-5,11H,1H3,(H,20,23)(H,24,25). The van der Waals surface area contributed by atoms with Gasteiger partial charge in [0.05, 0.1) is 22.4 Å². The van der Waals surface area contributed by atoms with Crippen LogP contribution in [0.5, 0.6) is 0 Å². The first-order valence-corrected chi connectivity index (χ1v) is 6.58. The van der Waals surface area contributed by atoms with Crippen molar-refractivity contribution < 1.29 is 36.6 Å². The van der Waals surface area contributed by atoms with Crippen molar-refractivity contribution in [2.24, 2.45) is 7.05 Å². The number of aromatic nitrogens is 2. The zero-order chi connectivity index (χ0) is 18.9. The number of aryl methyl sites for hydroxylation is 1. The number of hydrogen-bond donors (Lipinski definition) is 2. The van der Waals surface area contributed by atoms with E-state index in [9.17, 15) is 31.5 Å². The van der Waals surface area contributed by atoms with Gasteiger partial charge in [0, 0.05) is 13.2 Å². The highest BCUT2D eigenvalue weighted by atomic mass is 19.4. The van der Waals surface area contributed by atoms with Crippen molar-refractivity contribution in [3.63, 3.8) is 0 Å². The van der Waals surface area contributed by atoms with Gasteiger partial charge in [0.15, 0.2) is 0 Å². The molecule has 0 saturated heterocycles. The van der Waals surface area contributed by atoms with Crippen LogP contribution < -0.4 is 5.32 Å². The zero-order valence-electron chi connectivity index (χ0n) is 12.4. The zero-order valence-corrected chi connectivity index (χ0v) is 12.4. The molecular weight excluding hydrogens is 353 g/mol. The molecule has 1 amide bonds. The highest BCUT2D eigenvalue weighted by Gasteiger charge is 2.32. The van der Waals surface area contributed by atoms with E-state index in [-0.39, 0.29) is 0 Å². The van der Waals surface area contributed by atoms with E-state index in [2.05, 4.69) is 5.10 Å². The molecule has 0 saturated carbocycles. The second-order valence-corrected chi connectivity index (χ2v) is 4.92. The number of benzene rings is 1. The molecule has 6 nitrogen and oxygen atoms in total. The van der Waals surface area contributed by atoms with E-state index in [1.807, 2.05) is 5.32 Å². The van der Waals surface area contributed by atoms with Crippen LogP contribution in [-0.2, 0) is 13.2 Å². The molecule has 0 spiro atoms. The van der Waals surface area contributed by atoms with Crippen LogP contribution in [0.4, 0.5) is 27.6 Å². The molecule has 0 atom stereocenters. The Morgan fingerprint density at radius 1 is 1.24 bits per heavy atom. The minimum absolute atomic E-state index is 0.416. The number of anilines is 1. The second kappa shape index (κ2) is 6.49. The van der Waals surface area contributed by atoms with Crippen LogP contribution >= 0.6 is 0 Å². The Labute approximate surface area is 136 Å². The number of aromatic carboxylic acids is 1. The number of carbonyl (C=O) groups excluding carboxylic acids is 1. The first-order chi connectivity index (χ1) is 11.5. The Morgan fingerprint density at radius 2 is 1.88 bits per heavy atom. The fraction of sp³-hybridized carbons (Fsp3) is 0.214. The predicted molar refractivity (Wildman–Crippen MR) is 74.5 cm³/mol. The predicted octanol–water partition coefficient (Wildman–Crippen LogP) is 3.33. The van der Waals surface area contributed by atoms with E-state index >= 15 is 0 Å². The summed E-state index contributed by atoms with van der Waals surface area (Å²) in [5.74, 6) is -2.80. The number of carboxylic acid groups (broad SMARTS) is 1. The summed E-state index contributed by atoms with van der Waals surface area (Å²) in [5, 5.41) is 14.3. The van der Waals surface area contributed by atoms with Gasteiger partial charge in [0.1, 0.15) is 5.69 Å². The maximum absolute atomic E-state index is 12.9. The highest BCUT2D eigenvalue weighted by molar-refractivity contribution is 6.08. The number of alkyl halides is 5. The van der Waals surface area contributed by atoms with Crippen LogP contribution in [0.3, 0.4) is 0 Å². The molecule has 25 heavy (non-hydrogen) atoms. The van der Waals surface area contributed by atoms with Gasteiger partial charge in [-0.05, 0) is 18.2 Å². The Balaban J connectivity index is 2.45. The molecule has 1 aromatic heterocycles. The number of carboxylic acids is 1. The van der Waals surface area contributed by atoms with E-state index in [1.165, 1.54) is 7.05 Å². The maximum Gasteiger partial charge on any atom is 0.416 e. The van der Waals surface area contributed by atoms with Gasteiger partial charge >= 0.3 is 12.1 Å². The third-order valence-electron chi connectivity index (χ3n) is 3.13. The lowest BCUT2D eigenvalue weighted by atomic mass is 10.1. The van der Waals surface area contributed by atoms with Crippen LogP contribution in [0, 0.1) is 0 Å². The van der Waals surface area contributed by atoms with Crippen molar-refractivity contribution in [3.8, 4) is 0 Å². The molecule has 0 aliphatic heterocycles. The van der Waals surface area contributed by atoms with Crippen LogP contribution in [0.1, 0.15) is 38.4 Å². The fourth-order valence-electron chi connectivity index (χ4n) is 2.04. The number of nitrogens with zero attached hydrogens (tertiary/aromatic N) is 2. The van der Waals surface area contributed by atoms with E-state index < -0.39 is 52.5 Å². The topological polar surface area (TPSA) is 84.2 Å². The molecule has 0 bridgehead atoms. The van der Waals surface area contributed by atoms with Gasteiger partial charge < -0.3 is 10.4 Å². The van der Waals surface area contributed by atoms with E-state index in [0.29, 0.717) is 18.2 Å². The van der Waals surface area contributed by atoms with Crippen LogP contribution in [0.25, 0.3) is 0 Å². The van der Waals surface area contributed by atoms with Crippen molar-refractivity contribution in [1.82, 2.24) is 9.78 Å². The molecule has 1 aromatic carbocycles. The molecule has 134 valence electrons. The van der Waals surface area contributed by atoms with Gasteiger partial charge in [-0.3, -0.25) is 9.48 Å². The van der Waals surface area contributed by atoms with Gasteiger partial charge in [-0.2, -0.15) is 18.3 Å². The molecule has 2 N–H and O–H groups in total. The fourth-order valence-corrected chi connectivity index (χ4v) is 2.04. The van der Waals surface area contributed by atoms with Crippen molar-refractivity contribution >= 4 is 17.6 Å². The molecule has 0 fully saturated rings. The Bertz CT molecular complexity index is 830. The number of rotatable bonds is 4. The third kappa shape index (κ3) is 3.92. The molecule has 1 heterocycles. The molecule has 2 aromatic rings. The number of carbonyl (C=O) groups is 2. The van der Waals surface area contributed by atoms with Crippen molar-refractivity contribution in [2.75, 3.05) is 5.32 Å². The number of nitrogens with one attached hydrogen (secondary N) is 1. The average molecular weight is 363 g/mol. The smallest absolute Gasteiger partial charge is 0.416 e. The van der Waals surface area contributed by atoms with Crippen molar-refractivity contribution in [2.45, 2.75) is 12.6 Å². The summed E-state index contributed by atoms with van der Waals surface area (Å²) in [5.41, 5.74) is -3.94. The summed E-state index contributed by atoms with van der Waals surface area (Å²) in [6.07, 6.45) is -6.92. The first-order valence-electron chi connectivity index (χ1n) is 6.58. The van der Waals surface area contributed by atoms with Gasteiger partial charge in [-0.1, -0.05) is 0 Å². The van der Waals surface area contributed by atoms with E-state index in [4.69, 9.17) is 5.11 Å². The van der Waals surface area contributed by atoms with Gasteiger partial charge in [0.25, 0.3) is 12.3 Å². The largest absolute Gasteiger partial charge is 0.478 e. The number of halogens is 5. The van der Waals surface area contributed by atoms with E-state index in [0.717, 1.165) is 10.9 Å². The lowest BCUT2D eigenvalue weighted by molar-refractivity contribution is -0.137. The van der Waals surface area contributed by atoms with E-state index in [1.54, 1.807) is 0 Å². The SMILES string of the molecule is Cn1cc(C(=O)Nc2cc(C(F)(F)F)ccc2C(=O)O)c(C(F)F)n1. The number of amides is 1. The van der Waals surface area contributed by atoms with Gasteiger partial charge in [0.2, 0.25) is 0 Å². The molecule has 11 heteroatoms. The molecule has 0 unspecified atom stereocenters. The van der Waals surface area contributed by atoms with Gasteiger partial charge in [-0.25, -0.2) is 13.6 Å². The highest BCUT2D eigenvalue weighted by Crippen LogP contribution is 2.32. The summed E-state index contributed by atoms with van der Waals surface area (Å²) in [4.78, 5) is 23.2. The summed E-state index contributed by atoms with van der Waals surface area (Å²) < 4.78 is 65.0. The minimum atomic E-state index is -4.78. The van der Waals surface area contributed by atoms with Crippen LogP contribution in [0.2, 0.25) is 0 Å². The molecule has 0 aliphatic carbocycles. The minimum Gasteiger partial charge on any atom is -0.478 e. The van der Waals surface area contributed by atoms with Crippen molar-refractivity contribution in [1.29, 1.82) is 0 Å². The van der Waals surface area contributed by atoms with Crippen LogP contribution in [-0.4, -0.2) is 26.8 Å². The first kappa shape index (κ1) is 18.4. The van der Waals surface area contributed by atoms with Crippen molar-refractivity contribution in [3.05, 3.63) is 46.8 Å². The molecular formula is C14H10F5N3O3. The monoisotopic (exact) mass is 363 g/mol.